The Labute approximate surface area is 59.8 Å². The number of carbonyl (C=O) groups excluding carboxylic acids is 1. The number of nitrogens with two attached hydrogens (primary N) is 2. The molecule has 0 aliphatic heterocycles. The smallest absolute Gasteiger partial charge is 0.237 e. The van der Waals surface area contributed by atoms with E-state index in [-0.39, 0.29) is 6.61 Å². The second-order valence-electron chi connectivity index (χ2n) is 2.02. The number of carbonyl (C=O) groups is 1. The summed E-state index contributed by atoms with van der Waals surface area (Å²) in [4.78, 5) is 10.3. The van der Waals surface area contributed by atoms with Gasteiger partial charge in [-0.2, -0.15) is 0 Å². The van der Waals surface area contributed by atoms with Crippen molar-refractivity contribution in [3.63, 3.8) is 0 Å². The van der Waals surface area contributed by atoms with E-state index < -0.39 is 11.9 Å². The standard InChI is InChI=1S/C6H12N2O2/c1-4(2)10-3-5(7)6(8)9/h5H,1,3,7H2,2H3,(H2,8,9)/t5-/m1/s1. The molecular weight excluding hydrogens is 132 g/mol. The van der Waals surface area contributed by atoms with E-state index in [2.05, 4.69) is 6.58 Å². The van der Waals surface area contributed by atoms with Crippen molar-refractivity contribution in [3.8, 4) is 0 Å². The summed E-state index contributed by atoms with van der Waals surface area (Å²) in [6, 6.07) is -0.739. The van der Waals surface area contributed by atoms with Crippen LogP contribution in [0.15, 0.2) is 12.3 Å². The maximum atomic E-state index is 10.3. The summed E-state index contributed by atoms with van der Waals surface area (Å²) >= 11 is 0. The van der Waals surface area contributed by atoms with Crippen molar-refractivity contribution in [1.29, 1.82) is 0 Å². The van der Waals surface area contributed by atoms with Gasteiger partial charge in [-0.1, -0.05) is 6.58 Å². The summed E-state index contributed by atoms with van der Waals surface area (Å²) in [5.41, 5.74) is 10.1. The van der Waals surface area contributed by atoms with Gasteiger partial charge in [0, 0.05) is 0 Å². The van der Waals surface area contributed by atoms with Gasteiger partial charge < -0.3 is 16.2 Å². The highest BCUT2D eigenvalue weighted by Gasteiger charge is 2.08. The average Bonchev–Trinajstić information content (AvgIpc) is 1.82. The minimum Gasteiger partial charge on any atom is -0.497 e. The Morgan fingerprint density at radius 2 is 2.30 bits per heavy atom. The zero-order chi connectivity index (χ0) is 8.15. The molecule has 1 amide bonds. The first-order valence-corrected chi connectivity index (χ1v) is 2.87. The molecule has 0 aliphatic carbocycles. The molecule has 0 aromatic carbocycles. The lowest BCUT2D eigenvalue weighted by Gasteiger charge is -2.08. The molecule has 10 heavy (non-hydrogen) atoms. The molecule has 0 rings (SSSR count). The molecule has 0 saturated heterocycles. The largest absolute Gasteiger partial charge is 0.497 e. The van der Waals surface area contributed by atoms with Crippen molar-refractivity contribution in [1.82, 2.24) is 0 Å². The molecule has 0 aromatic rings. The van der Waals surface area contributed by atoms with E-state index in [0.29, 0.717) is 5.76 Å². The van der Waals surface area contributed by atoms with Crippen LogP contribution in [-0.4, -0.2) is 18.6 Å². The van der Waals surface area contributed by atoms with Crippen molar-refractivity contribution in [2.45, 2.75) is 13.0 Å². The third-order valence-electron chi connectivity index (χ3n) is 0.875. The van der Waals surface area contributed by atoms with Crippen LogP contribution in [0, 0.1) is 0 Å². The Morgan fingerprint density at radius 3 is 2.60 bits per heavy atom. The second-order valence-corrected chi connectivity index (χ2v) is 2.02. The van der Waals surface area contributed by atoms with Gasteiger partial charge in [-0.3, -0.25) is 4.79 Å². The normalized spacial score (nSPS) is 12.2. The van der Waals surface area contributed by atoms with Crippen molar-refractivity contribution in [2.24, 2.45) is 11.5 Å². The second kappa shape index (κ2) is 3.90. The quantitative estimate of drug-likeness (QED) is 0.514. The van der Waals surface area contributed by atoms with Gasteiger partial charge in [0.2, 0.25) is 5.91 Å². The molecule has 0 heterocycles. The number of amides is 1. The number of hydrogen-bond acceptors (Lipinski definition) is 3. The monoisotopic (exact) mass is 144 g/mol. The molecule has 0 saturated carbocycles. The molecule has 0 unspecified atom stereocenters. The lowest BCUT2D eigenvalue weighted by atomic mass is 10.3. The number of primary amides is 1. The van der Waals surface area contributed by atoms with Crippen LogP contribution in [-0.2, 0) is 9.53 Å². The van der Waals surface area contributed by atoms with E-state index in [1.807, 2.05) is 0 Å². The summed E-state index contributed by atoms with van der Waals surface area (Å²) in [6.45, 7) is 5.23. The Hall–Kier alpha value is -1.03. The van der Waals surface area contributed by atoms with Gasteiger partial charge in [0.15, 0.2) is 0 Å². The van der Waals surface area contributed by atoms with E-state index in [9.17, 15) is 4.79 Å². The molecule has 4 heteroatoms. The lowest BCUT2D eigenvalue weighted by molar-refractivity contribution is -0.120. The predicted octanol–water partition coefficient (Wildman–Crippen LogP) is -0.651. The van der Waals surface area contributed by atoms with E-state index >= 15 is 0 Å². The fourth-order valence-corrected chi connectivity index (χ4v) is 0.314. The molecule has 0 spiro atoms. The molecule has 4 N–H and O–H groups in total. The van der Waals surface area contributed by atoms with E-state index in [4.69, 9.17) is 16.2 Å². The first-order valence-electron chi connectivity index (χ1n) is 2.87. The van der Waals surface area contributed by atoms with Crippen LogP contribution >= 0.6 is 0 Å². The van der Waals surface area contributed by atoms with Crippen LogP contribution < -0.4 is 11.5 Å². The molecule has 1 atom stereocenters. The van der Waals surface area contributed by atoms with Gasteiger partial charge in [-0.05, 0) is 6.92 Å². The molecule has 0 fully saturated rings. The van der Waals surface area contributed by atoms with E-state index in [0.717, 1.165) is 0 Å². The molecule has 58 valence electrons. The lowest BCUT2D eigenvalue weighted by Crippen LogP contribution is -2.39. The predicted molar refractivity (Wildman–Crippen MR) is 37.9 cm³/mol. The molecule has 0 aliphatic rings. The van der Waals surface area contributed by atoms with Crippen molar-refractivity contribution >= 4 is 5.91 Å². The zero-order valence-electron chi connectivity index (χ0n) is 5.96. The third-order valence-corrected chi connectivity index (χ3v) is 0.875. The Bertz CT molecular complexity index is 145. The maximum absolute atomic E-state index is 10.3. The van der Waals surface area contributed by atoms with Crippen LogP contribution in [0.2, 0.25) is 0 Å². The zero-order valence-corrected chi connectivity index (χ0v) is 5.96. The van der Waals surface area contributed by atoms with Crippen molar-refractivity contribution in [3.05, 3.63) is 12.3 Å². The number of rotatable bonds is 4. The highest BCUT2D eigenvalue weighted by molar-refractivity contribution is 5.79. The first-order chi connectivity index (χ1) is 4.54. The molecule has 0 bridgehead atoms. The summed E-state index contributed by atoms with van der Waals surface area (Å²) in [6.07, 6.45) is 0. The van der Waals surface area contributed by atoms with Gasteiger partial charge in [-0.25, -0.2) is 0 Å². The summed E-state index contributed by atoms with van der Waals surface area (Å²) in [7, 11) is 0. The van der Waals surface area contributed by atoms with Crippen molar-refractivity contribution < 1.29 is 9.53 Å². The van der Waals surface area contributed by atoms with Crippen LogP contribution in [0.5, 0.6) is 0 Å². The number of hydrogen-bond donors (Lipinski definition) is 2. The van der Waals surface area contributed by atoms with Gasteiger partial charge in [0.25, 0.3) is 0 Å². The average molecular weight is 144 g/mol. The van der Waals surface area contributed by atoms with Gasteiger partial charge >= 0.3 is 0 Å². The van der Waals surface area contributed by atoms with Crippen LogP contribution in [0.4, 0.5) is 0 Å². The maximum Gasteiger partial charge on any atom is 0.237 e. The summed E-state index contributed by atoms with van der Waals surface area (Å²) in [5, 5.41) is 0. The minimum absolute atomic E-state index is 0.102. The topological polar surface area (TPSA) is 78.3 Å². The highest BCUT2D eigenvalue weighted by Crippen LogP contribution is 1.90. The fraction of sp³-hybridized carbons (Fsp3) is 0.500. The summed E-state index contributed by atoms with van der Waals surface area (Å²) < 4.78 is 4.84. The Kier molecular flexibility index (Phi) is 3.49. The highest BCUT2D eigenvalue weighted by atomic mass is 16.5. The molecule has 0 aromatic heterocycles. The van der Waals surface area contributed by atoms with E-state index in [1.165, 1.54) is 0 Å². The number of allylic oxidation sites excluding steroid dienone is 1. The minimum atomic E-state index is -0.739. The van der Waals surface area contributed by atoms with Crippen LogP contribution in [0.1, 0.15) is 6.92 Å². The third kappa shape index (κ3) is 3.91. The summed E-state index contributed by atoms with van der Waals surface area (Å²) in [5.74, 6) is -0.0436. The van der Waals surface area contributed by atoms with Crippen molar-refractivity contribution in [2.75, 3.05) is 6.61 Å². The molecular formula is C6H12N2O2. The Morgan fingerprint density at radius 1 is 1.80 bits per heavy atom. The molecule has 4 nitrogen and oxygen atoms in total. The Balaban J connectivity index is 3.49. The van der Waals surface area contributed by atoms with Gasteiger partial charge in [0.05, 0.1) is 5.76 Å². The number of ether oxygens (including phenoxy) is 1. The van der Waals surface area contributed by atoms with Crippen LogP contribution in [0.3, 0.4) is 0 Å². The fourth-order valence-electron chi connectivity index (χ4n) is 0.314. The SMILES string of the molecule is C=C(C)OC[C@@H](N)C(N)=O. The van der Waals surface area contributed by atoms with Crippen LogP contribution in [0.25, 0.3) is 0 Å². The van der Waals surface area contributed by atoms with E-state index in [1.54, 1.807) is 6.92 Å². The van der Waals surface area contributed by atoms with Gasteiger partial charge in [-0.15, -0.1) is 0 Å². The van der Waals surface area contributed by atoms with Gasteiger partial charge in [0.1, 0.15) is 12.6 Å². The first kappa shape index (κ1) is 8.97. The molecule has 0 radical (unpaired) electrons.